The molecule has 0 unspecified atom stereocenters. The number of hydrogen-bond acceptors (Lipinski definition) is 3. The van der Waals surface area contributed by atoms with Gasteiger partial charge in [0.25, 0.3) is 0 Å². The zero-order valence-electron chi connectivity index (χ0n) is 11.2. The van der Waals surface area contributed by atoms with Crippen LogP contribution in [0.3, 0.4) is 0 Å². The number of benzene rings is 1. The third-order valence-corrected chi connectivity index (χ3v) is 2.53. The van der Waals surface area contributed by atoms with Crippen molar-refractivity contribution in [3.05, 3.63) is 35.9 Å². The van der Waals surface area contributed by atoms with Gasteiger partial charge < -0.3 is 10.4 Å². The summed E-state index contributed by atoms with van der Waals surface area (Å²) in [5, 5.41) is 14.7. The number of rotatable bonds is 7. The molecule has 0 spiro atoms. The van der Waals surface area contributed by atoms with E-state index in [1.54, 1.807) is 0 Å². The van der Waals surface area contributed by atoms with Crippen molar-refractivity contribution in [1.29, 1.82) is 0 Å². The molecule has 0 aliphatic rings. The molecule has 0 heterocycles. The molecular formula is C14H20N2O3. The average molecular weight is 264 g/mol. The second-order valence-electron chi connectivity index (χ2n) is 4.68. The van der Waals surface area contributed by atoms with Gasteiger partial charge in [0.1, 0.15) is 6.04 Å². The first-order chi connectivity index (χ1) is 8.99. The Kier molecular flexibility index (Phi) is 6.02. The molecule has 104 valence electrons. The standard InChI is InChI=1S/C14H20N2O3/c1-10(2)16-13(17)8-12(14(18)19)15-9-11-6-4-3-5-7-11/h3-7,10,12,15H,8-9H2,1-2H3,(H,16,17)(H,18,19)/t12-/m1/s1. The largest absolute Gasteiger partial charge is 0.480 e. The molecule has 0 bridgehead atoms. The molecule has 1 aromatic rings. The quantitative estimate of drug-likeness (QED) is 0.690. The maximum atomic E-state index is 11.6. The van der Waals surface area contributed by atoms with Crippen LogP contribution < -0.4 is 10.6 Å². The van der Waals surface area contributed by atoms with Crippen LogP contribution in [0.1, 0.15) is 25.8 Å². The summed E-state index contributed by atoms with van der Waals surface area (Å²) in [6.07, 6.45) is -0.0691. The predicted molar refractivity (Wildman–Crippen MR) is 72.6 cm³/mol. The lowest BCUT2D eigenvalue weighted by Crippen LogP contribution is -2.42. The molecule has 0 aliphatic carbocycles. The van der Waals surface area contributed by atoms with E-state index in [0.29, 0.717) is 6.54 Å². The van der Waals surface area contributed by atoms with Crippen molar-refractivity contribution in [2.75, 3.05) is 0 Å². The smallest absolute Gasteiger partial charge is 0.321 e. The normalized spacial score (nSPS) is 12.2. The van der Waals surface area contributed by atoms with Gasteiger partial charge in [-0.05, 0) is 19.4 Å². The predicted octanol–water partition coefficient (Wildman–Crippen LogP) is 1.14. The van der Waals surface area contributed by atoms with Gasteiger partial charge >= 0.3 is 5.97 Å². The minimum absolute atomic E-state index is 0.0102. The van der Waals surface area contributed by atoms with E-state index in [1.807, 2.05) is 44.2 Å². The minimum atomic E-state index is -1.02. The number of carbonyl (C=O) groups excluding carboxylic acids is 1. The Hall–Kier alpha value is -1.88. The first kappa shape index (κ1) is 15.2. The summed E-state index contributed by atoms with van der Waals surface area (Å²) < 4.78 is 0. The molecule has 0 fully saturated rings. The van der Waals surface area contributed by atoms with Crippen LogP contribution >= 0.6 is 0 Å². The summed E-state index contributed by atoms with van der Waals surface area (Å²) in [6.45, 7) is 4.10. The third kappa shape index (κ3) is 6.01. The van der Waals surface area contributed by atoms with Crippen LogP contribution in [0.5, 0.6) is 0 Å². The van der Waals surface area contributed by atoms with Gasteiger partial charge in [-0.2, -0.15) is 0 Å². The van der Waals surface area contributed by atoms with Gasteiger partial charge in [-0.3, -0.25) is 14.9 Å². The van der Waals surface area contributed by atoms with E-state index in [9.17, 15) is 9.59 Å². The van der Waals surface area contributed by atoms with Gasteiger partial charge in [-0.25, -0.2) is 0 Å². The Labute approximate surface area is 113 Å². The van der Waals surface area contributed by atoms with Gasteiger partial charge in [0.05, 0.1) is 6.42 Å². The van der Waals surface area contributed by atoms with Crippen LogP contribution in [0.2, 0.25) is 0 Å². The third-order valence-electron chi connectivity index (χ3n) is 2.53. The minimum Gasteiger partial charge on any atom is -0.480 e. The van der Waals surface area contributed by atoms with E-state index in [1.165, 1.54) is 0 Å². The Bertz CT molecular complexity index is 418. The molecule has 1 atom stereocenters. The zero-order valence-corrected chi connectivity index (χ0v) is 11.2. The Morgan fingerprint density at radius 2 is 1.84 bits per heavy atom. The van der Waals surface area contributed by atoms with Gasteiger partial charge in [0.15, 0.2) is 0 Å². The van der Waals surface area contributed by atoms with E-state index >= 15 is 0 Å². The fraction of sp³-hybridized carbons (Fsp3) is 0.429. The molecular weight excluding hydrogens is 244 g/mol. The summed E-state index contributed by atoms with van der Waals surface area (Å²) in [6, 6.07) is 8.61. The van der Waals surface area contributed by atoms with Crippen LogP contribution in [-0.2, 0) is 16.1 Å². The van der Waals surface area contributed by atoms with Crippen LogP contribution in [0, 0.1) is 0 Å². The average Bonchev–Trinajstić information content (AvgIpc) is 2.34. The highest BCUT2D eigenvalue weighted by molar-refractivity contribution is 5.84. The van der Waals surface area contributed by atoms with E-state index in [2.05, 4.69) is 10.6 Å². The summed E-state index contributed by atoms with van der Waals surface area (Å²) in [4.78, 5) is 22.7. The van der Waals surface area contributed by atoms with Crippen LogP contribution in [0.25, 0.3) is 0 Å². The lowest BCUT2D eigenvalue weighted by atomic mass is 10.1. The van der Waals surface area contributed by atoms with E-state index in [-0.39, 0.29) is 18.4 Å². The first-order valence-electron chi connectivity index (χ1n) is 6.28. The highest BCUT2D eigenvalue weighted by atomic mass is 16.4. The summed E-state index contributed by atoms with van der Waals surface area (Å²) in [7, 11) is 0. The Morgan fingerprint density at radius 1 is 1.21 bits per heavy atom. The lowest BCUT2D eigenvalue weighted by Gasteiger charge is -2.15. The maximum absolute atomic E-state index is 11.6. The van der Waals surface area contributed by atoms with Gasteiger partial charge in [-0.1, -0.05) is 30.3 Å². The van der Waals surface area contributed by atoms with E-state index in [0.717, 1.165) is 5.56 Å². The van der Waals surface area contributed by atoms with Gasteiger partial charge in [0.2, 0.25) is 5.91 Å². The first-order valence-corrected chi connectivity index (χ1v) is 6.28. The molecule has 19 heavy (non-hydrogen) atoms. The number of amides is 1. The maximum Gasteiger partial charge on any atom is 0.321 e. The Morgan fingerprint density at radius 3 is 2.37 bits per heavy atom. The lowest BCUT2D eigenvalue weighted by molar-refractivity contribution is -0.141. The summed E-state index contributed by atoms with van der Waals surface area (Å²) >= 11 is 0. The van der Waals surface area contributed by atoms with Crippen LogP contribution in [0.15, 0.2) is 30.3 Å². The van der Waals surface area contributed by atoms with E-state index < -0.39 is 12.0 Å². The van der Waals surface area contributed by atoms with Crippen molar-refractivity contribution in [1.82, 2.24) is 10.6 Å². The number of carboxylic acids is 1. The number of hydrogen-bond donors (Lipinski definition) is 3. The summed E-state index contributed by atoms with van der Waals surface area (Å²) in [5.41, 5.74) is 0.984. The highest BCUT2D eigenvalue weighted by Gasteiger charge is 2.20. The van der Waals surface area contributed by atoms with Crippen LogP contribution in [-0.4, -0.2) is 29.1 Å². The van der Waals surface area contributed by atoms with Crippen molar-refractivity contribution in [2.24, 2.45) is 0 Å². The number of aliphatic carboxylic acids is 1. The monoisotopic (exact) mass is 264 g/mol. The van der Waals surface area contributed by atoms with Crippen molar-refractivity contribution < 1.29 is 14.7 Å². The number of nitrogens with one attached hydrogen (secondary N) is 2. The molecule has 0 radical (unpaired) electrons. The molecule has 1 aromatic carbocycles. The van der Waals surface area contributed by atoms with Crippen LogP contribution in [0.4, 0.5) is 0 Å². The fourth-order valence-corrected chi connectivity index (χ4v) is 1.65. The molecule has 0 aromatic heterocycles. The van der Waals surface area contributed by atoms with Crippen molar-refractivity contribution in [2.45, 2.75) is 38.9 Å². The van der Waals surface area contributed by atoms with Crippen molar-refractivity contribution in [3.63, 3.8) is 0 Å². The molecule has 0 saturated carbocycles. The Balaban J connectivity index is 2.49. The highest BCUT2D eigenvalue weighted by Crippen LogP contribution is 2.00. The molecule has 5 heteroatoms. The second-order valence-corrected chi connectivity index (χ2v) is 4.68. The van der Waals surface area contributed by atoms with Gasteiger partial charge in [0, 0.05) is 12.6 Å². The molecule has 3 N–H and O–H groups in total. The topological polar surface area (TPSA) is 78.4 Å². The second kappa shape index (κ2) is 7.53. The van der Waals surface area contributed by atoms with E-state index in [4.69, 9.17) is 5.11 Å². The number of carbonyl (C=O) groups is 2. The SMILES string of the molecule is CC(C)NC(=O)C[C@@H](NCc1ccccc1)C(=O)O. The van der Waals surface area contributed by atoms with Gasteiger partial charge in [-0.15, -0.1) is 0 Å². The van der Waals surface area contributed by atoms with Crippen molar-refractivity contribution >= 4 is 11.9 Å². The molecule has 1 rings (SSSR count). The fourth-order valence-electron chi connectivity index (χ4n) is 1.65. The molecule has 0 aliphatic heterocycles. The molecule has 5 nitrogen and oxygen atoms in total. The molecule has 0 saturated heterocycles. The zero-order chi connectivity index (χ0) is 14.3. The van der Waals surface area contributed by atoms with Crippen molar-refractivity contribution in [3.8, 4) is 0 Å². The summed E-state index contributed by atoms with van der Waals surface area (Å²) in [5.74, 6) is -1.28. The molecule has 1 amide bonds. The number of carboxylic acid groups (broad SMARTS) is 1.